The van der Waals surface area contributed by atoms with Gasteiger partial charge in [-0.25, -0.2) is 4.79 Å². The molecule has 7 heteroatoms. The van der Waals surface area contributed by atoms with E-state index in [2.05, 4.69) is 13.0 Å². The van der Waals surface area contributed by atoms with E-state index in [1.54, 1.807) is 12.1 Å². The quantitative estimate of drug-likeness (QED) is 0.235. The Bertz CT molecular complexity index is 1840. The monoisotopic (exact) mass is 524 g/mol. The van der Waals surface area contributed by atoms with Gasteiger partial charge in [-0.05, 0) is 66.8 Å². The van der Waals surface area contributed by atoms with E-state index in [0.29, 0.717) is 58.1 Å². The summed E-state index contributed by atoms with van der Waals surface area (Å²) in [5.74, 6) is 1.89. The van der Waals surface area contributed by atoms with Gasteiger partial charge in [-0.1, -0.05) is 25.5 Å². The average Bonchev–Trinajstić information content (AvgIpc) is 2.91. The largest absolute Gasteiger partial charge is 0.488 e. The lowest BCUT2D eigenvalue weighted by Gasteiger charge is -2.18. The maximum Gasteiger partial charge on any atom is 0.336 e. The summed E-state index contributed by atoms with van der Waals surface area (Å²) in [5.41, 5.74) is 5.25. The zero-order valence-corrected chi connectivity index (χ0v) is 22.1. The molecule has 2 aromatic heterocycles. The number of ether oxygens (including phenoxy) is 3. The van der Waals surface area contributed by atoms with Crippen LogP contribution < -0.4 is 25.3 Å². The van der Waals surface area contributed by atoms with Gasteiger partial charge in [0.2, 0.25) is 5.43 Å². The molecule has 0 spiro atoms. The zero-order chi connectivity index (χ0) is 27.1. The molecule has 6 rings (SSSR count). The van der Waals surface area contributed by atoms with Crippen molar-refractivity contribution < 1.29 is 23.0 Å². The van der Waals surface area contributed by atoms with Gasteiger partial charge in [-0.15, -0.1) is 0 Å². The van der Waals surface area contributed by atoms with Crippen LogP contribution in [0, 0.1) is 13.8 Å². The highest BCUT2D eigenvalue weighted by atomic mass is 16.6. The van der Waals surface area contributed by atoms with Crippen molar-refractivity contribution in [2.24, 2.45) is 0 Å². The first kappa shape index (κ1) is 24.8. The topological polar surface area (TPSA) is 88.1 Å². The first-order valence-electron chi connectivity index (χ1n) is 13.1. The Hall–Kier alpha value is -4.52. The third-order valence-corrected chi connectivity index (χ3v) is 6.98. The van der Waals surface area contributed by atoms with Gasteiger partial charge in [0.1, 0.15) is 43.0 Å². The highest BCUT2D eigenvalue weighted by Gasteiger charge is 2.18. The highest BCUT2D eigenvalue weighted by molar-refractivity contribution is 5.85. The van der Waals surface area contributed by atoms with Gasteiger partial charge in [-0.2, -0.15) is 0 Å². The number of benzene rings is 3. The Kier molecular flexibility index (Phi) is 6.35. The molecule has 0 bridgehead atoms. The van der Waals surface area contributed by atoms with Gasteiger partial charge in [0.05, 0.1) is 10.9 Å². The van der Waals surface area contributed by atoms with Crippen LogP contribution in [-0.4, -0.2) is 13.2 Å². The molecule has 0 aliphatic carbocycles. The molecule has 39 heavy (non-hydrogen) atoms. The number of hydrogen-bond acceptors (Lipinski definition) is 7. The summed E-state index contributed by atoms with van der Waals surface area (Å²) in [4.78, 5) is 25.8. The van der Waals surface area contributed by atoms with Gasteiger partial charge >= 0.3 is 5.63 Å². The Labute approximate surface area is 224 Å². The van der Waals surface area contributed by atoms with E-state index < -0.39 is 5.63 Å². The molecule has 0 N–H and O–H groups in total. The summed E-state index contributed by atoms with van der Waals surface area (Å²) in [6.45, 7) is 7.18. The summed E-state index contributed by atoms with van der Waals surface area (Å²) >= 11 is 0. The lowest BCUT2D eigenvalue weighted by Crippen LogP contribution is -2.15. The van der Waals surface area contributed by atoms with Crippen molar-refractivity contribution in [3.63, 3.8) is 0 Å². The third kappa shape index (κ3) is 4.65. The van der Waals surface area contributed by atoms with Crippen molar-refractivity contribution >= 4 is 21.9 Å². The van der Waals surface area contributed by atoms with Crippen molar-refractivity contribution in [3.05, 3.63) is 97.7 Å². The van der Waals surface area contributed by atoms with Gasteiger partial charge < -0.3 is 23.0 Å². The normalized spacial score (nSPS) is 12.7. The molecule has 0 radical (unpaired) electrons. The van der Waals surface area contributed by atoms with E-state index in [9.17, 15) is 9.59 Å². The molecule has 0 saturated heterocycles. The van der Waals surface area contributed by atoms with Crippen LogP contribution in [0.15, 0.2) is 73.2 Å². The van der Waals surface area contributed by atoms with Crippen LogP contribution in [-0.2, 0) is 13.0 Å². The molecule has 3 aromatic carbocycles. The minimum absolute atomic E-state index is 0.130. The molecule has 0 amide bonds. The van der Waals surface area contributed by atoms with E-state index in [0.717, 1.165) is 40.5 Å². The molecule has 0 saturated carbocycles. The van der Waals surface area contributed by atoms with Crippen molar-refractivity contribution in [1.82, 2.24) is 0 Å². The summed E-state index contributed by atoms with van der Waals surface area (Å²) in [5, 5.41) is 1.35. The van der Waals surface area contributed by atoms with Crippen molar-refractivity contribution in [2.75, 3.05) is 13.2 Å². The fourth-order valence-electron chi connectivity index (χ4n) is 5.25. The second-order valence-electron chi connectivity index (χ2n) is 9.88. The van der Waals surface area contributed by atoms with Gasteiger partial charge in [0.15, 0.2) is 11.5 Å². The number of hydrogen-bond donors (Lipinski definition) is 0. The first-order valence-corrected chi connectivity index (χ1v) is 13.1. The van der Waals surface area contributed by atoms with Crippen LogP contribution in [0.25, 0.3) is 33.1 Å². The molecular weight excluding hydrogens is 496 g/mol. The van der Waals surface area contributed by atoms with Crippen LogP contribution >= 0.6 is 0 Å². The molecule has 0 fully saturated rings. The molecular formula is C32H28O7. The van der Waals surface area contributed by atoms with E-state index >= 15 is 0 Å². The molecule has 1 aliphatic rings. The molecule has 3 heterocycles. The van der Waals surface area contributed by atoms with Gasteiger partial charge in [-0.3, -0.25) is 4.79 Å². The van der Waals surface area contributed by atoms with E-state index in [4.69, 9.17) is 23.0 Å². The minimum atomic E-state index is -0.420. The van der Waals surface area contributed by atoms with Gasteiger partial charge in [0, 0.05) is 23.1 Å². The van der Waals surface area contributed by atoms with Crippen LogP contribution in [0.1, 0.15) is 35.6 Å². The smallest absolute Gasteiger partial charge is 0.336 e. The maximum absolute atomic E-state index is 13.6. The molecule has 7 nitrogen and oxygen atoms in total. The van der Waals surface area contributed by atoms with Crippen LogP contribution in [0.4, 0.5) is 0 Å². The van der Waals surface area contributed by atoms with Gasteiger partial charge in [0.25, 0.3) is 0 Å². The minimum Gasteiger partial charge on any atom is -0.488 e. The Morgan fingerprint density at radius 1 is 0.872 bits per heavy atom. The van der Waals surface area contributed by atoms with E-state index in [-0.39, 0.29) is 12.0 Å². The second kappa shape index (κ2) is 9.98. The SMILES string of the molecule is CCCc1cc2c(=O)c(-c3ccc4c(c3)OCCO4)coc2cc1OCc1cc(=O)oc2cc(C)cc(C)c12. The van der Waals surface area contributed by atoms with Crippen LogP contribution in [0.5, 0.6) is 17.2 Å². The fourth-order valence-corrected chi connectivity index (χ4v) is 5.25. The highest BCUT2D eigenvalue weighted by Crippen LogP contribution is 2.35. The summed E-state index contributed by atoms with van der Waals surface area (Å²) in [6, 6.07) is 14.5. The molecule has 0 atom stereocenters. The molecule has 5 aromatic rings. The number of rotatable bonds is 6. The van der Waals surface area contributed by atoms with Crippen molar-refractivity contribution in [3.8, 4) is 28.4 Å². The standard InChI is InChI=1S/C32H28O7/c1-4-5-21-12-23-27(38-17-24(32(23)34)20-6-7-25-28(13-20)36-9-8-35-25)15-26(21)37-16-22-14-30(33)39-29-11-18(2)10-19(3)31(22)29/h6-7,10-15,17H,4-5,8-9,16H2,1-3H3. The summed E-state index contributed by atoms with van der Waals surface area (Å²) in [6.07, 6.45) is 3.06. The number of fused-ring (bicyclic) bond motifs is 3. The Balaban J connectivity index is 1.38. The van der Waals surface area contributed by atoms with Crippen LogP contribution in [0.2, 0.25) is 0 Å². The zero-order valence-electron chi connectivity index (χ0n) is 22.1. The van der Waals surface area contributed by atoms with Crippen molar-refractivity contribution in [2.45, 2.75) is 40.2 Å². The van der Waals surface area contributed by atoms with E-state index in [1.165, 1.54) is 12.3 Å². The number of aryl methyl sites for hydroxylation is 3. The summed E-state index contributed by atoms with van der Waals surface area (Å²) in [7, 11) is 0. The summed E-state index contributed by atoms with van der Waals surface area (Å²) < 4.78 is 29.0. The van der Waals surface area contributed by atoms with E-state index in [1.807, 2.05) is 38.1 Å². The Morgan fingerprint density at radius 2 is 1.69 bits per heavy atom. The lowest BCUT2D eigenvalue weighted by atomic mass is 10.0. The first-order chi connectivity index (χ1) is 18.9. The average molecular weight is 525 g/mol. The predicted molar refractivity (Wildman–Crippen MR) is 149 cm³/mol. The molecule has 1 aliphatic heterocycles. The van der Waals surface area contributed by atoms with Crippen LogP contribution in [0.3, 0.4) is 0 Å². The third-order valence-electron chi connectivity index (χ3n) is 6.98. The molecule has 198 valence electrons. The lowest BCUT2D eigenvalue weighted by molar-refractivity contribution is 0.171. The fraction of sp³-hybridized carbons (Fsp3) is 0.250. The molecule has 0 unspecified atom stereocenters. The van der Waals surface area contributed by atoms with Crippen molar-refractivity contribution in [1.29, 1.82) is 0 Å². The Morgan fingerprint density at radius 3 is 2.51 bits per heavy atom. The predicted octanol–water partition coefficient (Wildman–Crippen LogP) is 6.49. The second-order valence-corrected chi connectivity index (χ2v) is 9.88. The maximum atomic E-state index is 13.6.